The number of aromatic nitrogens is 1. The molecule has 2 aromatic carbocycles. The number of carbonyl (C=O) groups is 2. The highest BCUT2D eigenvalue weighted by molar-refractivity contribution is 5.96. The predicted molar refractivity (Wildman–Crippen MR) is 131 cm³/mol. The molecule has 36 heavy (non-hydrogen) atoms. The van der Waals surface area contributed by atoms with Gasteiger partial charge in [0.15, 0.2) is 11.5 Å². The highest BCUT2D eigenvalue weighted by atomic mass is 19.1. The molecule has 1 saturated carbocycles. The van der Waals surface area contributed by atoms with E-state index in [0.717, 1.165) is 37.7 Å². The van der Waals surface area contributed by atoms with Gasteiger partial charge in [-0.2, -0.15) is 0 Å². The monoisotopic (exact) mass is 489 g/mol. The van der Waals surface area contributed by atoms with Crippen molar-refractivity contribution in [3.8, 4) is 11.5 Å². The van der Waals surface area contributed by atoms with Crippen molar-refractivity contribution in [2.24, 2.45) is 0 Å². The van der Waals surface area contributed by atoms with E-state index in [1.165, 1.54) is 17.0 Å². The maximum Gasteiger partial charge on any atom is 0.273 e. The average Bonchev–Trinajstić information content (AvgIpc) is 3.38. The molecule has 8 heteroatoms. The lowest BCUT2D eigenvalue weighted by atomic mass is 9.94. The first kappa shape index (κ1) is 23.8. The molecule has 0 radical (unpaired) electrons. The molecule has 2 amide bonds. The van der Waals surface area contributed by atoms with Crippen molar-refractivity contribution in [2.75, 3.05) is 6.79 Å². The molecule has 1 aromatic heterocycles. The third-order valence-electron chi connectivity index (χ3n) is 6.63. The van der Waals surface area contributed by atoms with Crippen LogP contribution in [-0.4, -0.2) is 34.5 Å². The Morgan fingerprint density at radius 3 is 2.53 bits per heavy atom. The molecular weight excluding hydrogens is 461 g/mol. The van der Waals surface area contributed by atoms with Crippen molar-refractivity contribution in [3.63, 3.8) is 0 Å². The summed E-state index contributed by atoms with van der Waals surface area (Å²) >= 11 is 0. The summed E-state index contributed by atoms with van der Waals surface area (Å²) in [5.74, 6) is 0.109. The van der Waals surface area contributed by atoms with Gasteiger partial charge < -0.3 is 19.7 Å². The summed E-state index contributed by atoms with van der Waals surface area (Å²) in [5, 5.41) is 3.15. The Balaban J connectivity index is 1.53. The number of pyridine rings is 1. The summed E-state index contributed by atoms with van der Waals surface area (Å²) in [7, 11) is 0. The summed E-state index contributed by atoms with van der Waals surface area (Å²) < 4.78 is 24.7. The van der Waals surface area contributed by atoms with E-state index in [-0.39, 0.29) is 31.0 Å². The number of nitrogens with zero attached hydrogens (tertiary/aromatic N) is 2. The number of halogens is 1. The van der Waals surface area contributed by atoms with Crippen molar-refractivity contribution in [2.45, 2.75) is 50.7 Å². The number of fused-ring (bicyclic) bond motifs is 1. The molecule has 1 N–H and O–H groups in total. The molecule has 0 bridgehead atoms. The topological polar surface area (TPSA) is 80.8 Å². The molecule has 0 saturated heterocycles. The first-order valence-corrected chi connectivity index (χ1v) is 12.2. The van der Waals surface area contributed by atoms with Gasteiger partial charge in [0.25, 0.3) is 5.91 Å². The molecule has 0 unspecified atom stereocenters. The maximum atomic E-state index is 13.8. The summed E-state index contributed by atoms with van der Waals surface area (Å²) in [4.78, 5) is 33.3. The second-order valence-electron chi connectivity index (χ2n) is 9.13. The molecule has 2 aliphatic rings. The molecule has 0 spiro atoms. The van der Waals surface area contributed by atoms with Gasteiger partial charge in [-0.25, -0.2) is 4.39 Å². The zero-order chi connectivity index (χ0) is 24.9. The van der Waals surface area contributed by atoms with Crippen LogP contribution in [0.3, 0.4) is 0 Å². The Labute approximate surface area is 209 Å². The van der Waals surface area contributed by atoms with Crippen LogP contribution in [-0.2, 0) is 11.3 Å². The maximum absolute atomic E-state index is 13.8. The van der Waals surface area contributed by atoms with Gasteiger partial charge in [-0.05, 0) is 60.4 Å². The minimum absolute atomic E-state index is 0.0477. The van der Waals surface area contributed by atoms with Gasteiger partial charge >= 0.3 is 0 Å². The first-order valence-electron chi connectivity index (χ1n) is 12.2. The molecule has 1 fully saturated rings. The summed E-state index contributed by atoms with van der Waals surface area (Å²) in [6.45, 7) is 0.254. The molecule has 1 aliphatic carbocycles. The Hall–Kier alpha value is -3.94. The van der Waals surface area contributed by atoms with E-state index in [0.29, 0.717) is 17.1 Å². The SMILES string of the molecule is O=C(NC1CCCCC1)[C@@H](c1ccc(F)cc1)N(Cc1ccc2c(c1)OCO2)C(=O)c1ccccn1. The van der Waals surface area contributed by atoms with E-state index < -0.39 is 17.8 Å². The summed E-state index contributed by atoms with van der Waals surface area (Å²) in [5.41, 5.74) is 1.51. The van der Waals surface area contributed by atoms with Crippen molar-refractivity contribution < 1.29 is 23.5 Å². The smallest absolute Gasteiger partial charge is 0.273 e. The molecule has 3 aromatic rings. The second kappa shape index (κ2) is 10.8. The van der Waals surface area contributed by atoms with Crippen LogP contribution >= 0.6 is 0 Å². The highest BCUT2D eigenvalue weighted by Gasteiger charge is 2.34. The molecule has 186 valence electrons. The van der Waals surface area contributed by atoms with Crippen LogP contribution < -0.4 is 14.8 Å². The van der Waals surface area contributed by atoms with E-state index in [1.54, 1.807) is 42.6 Å². The normalized spacial score (nSPS) is 15.8. The van der Waals surface area contributed by atoms with E-state index in [2.05, 4.69) is 10.3 Å². The van der Waals surface area contributed by atoms with Gasteiger partial charge in [0.05, 0.1) is 0 Å². The van der Waals surface area contributed by atoms with Crippen LogP contribution in [0.2, 0.25) is 0 Å². The zero-order valence-electron chi connectivity index (χ0n) is 19.9. The van der Waals surface area contributed by atoms with Gasteiger partial charge in [-0.3, -0.25) is 14.6 Å². The Morgan fingerprint density at radius 1 is 1.00 bits per heavy atom. The lowest BCUT2D eigenvalue weighted by molar-refractivity contribution is -0.127. The van der Waals surface area contributed by atoms with Crippen LogP contribution in [0.25, 0.3) is 0 Å². The van der Waals surface area contributed by atoms with Crippen LogP contribution in [0, 0.1) is 5.82 Å². The summed E-state index contributed by atoms with van der Waals surface area (Å²) in [6.07, 6.45) is 6.61. The highest BCUT2D eigenvalue weighted by Crippen LogP contribution is 2.34. The van der Waals surface area contributed by atoms with Gasteiger partial charge in [0, 0.05) is 18.8 Å². The lowest BCUT2D eigenvalue weighted by Crippen LogP contribution is -2.47. The number of hydrogen-bond acceptors (Lipinski definition) is 5. The van der Waals surface area contributed by atoms with Crippen LogP contribution in [0.1, 0.15) is 59.8 Å². The standard InChI is InChI=1S/C28H28FN3O4/c29-21-12-10-20(11-13-21)26(27(33)31-22-6-2-1-3-7-22)32(28(34)23-8-4-5-15-30-23)17-19-9-14-24-25(16-19)36-18-35-24/h4-5,8-16,22,26H,1-3,6-7,17-18H2,(H,31,33)/t26-/m1/s1. The largest absolute Gasteiger partial charge is 0.454 e. The van der Waals surface area contributed by atoms with Crippen molar-refractivity contribution >= 4 is 11.8 Å². The fourth-order valence-corrected chi connectivity index (χ4v) is 4.80. The van der Waals surface area contributed by atoms with Gasteiger partial charge in [-0.15, -0.1) is 0 Å². The molecule has 2 heterocycles. The van der Waals surface area contributed by atoms with Crippen LogP contribution in [0.15, 0.2) is 66.9 Å². The number of nitrogens with one attached hydrogen (secondary N) is 1. The number of hydrogen-bond donors (Lipinski definition) is 1. The first-order chi connectivity index (χ1) is 17.6. The molecular formula is C28H28FN3O4. The molecule has 1 aliphatic heterocycles. The fourth-order valence-electron chi connectivity index (χ4n) is 4.80. The fraction of sp³-hybridized carbons (Fsp3) is 0.321. The van der Waals surface area contributed by atoms with Gasteiger partial charge in [-0.1, -0.05) is 43.5 Å². The quantitative estimate of drug-likeness (QED) is 0.517. The Bertz CT molecular complexity index is 1210. The van der Waals surface area contributed by atoms with Crippen molar-refractivity contribution in [1.29, 1.82) is 0 Å². The predicted octanol–water partition coefficient (Wildman–Crippen LogP) is 4.78. The number of ether oxygens (including phenoxy) is 2. The van der Waals surface area contributed by atoms with Crippen LogP contribution in [0.4, 0.5) is 4.39 Å². The minimum Gasteiger partial charge on any atom is -0.454 e. The minimum atomic E-state index is -0.979. The third-order valence-corrected chi connectivity index (χ3v) is 6.63. The van der Waals surface area contributed by atoms with Gasteiger partial charge in [0.1, 0.15) is 17.6 Å². The Morgan fingerprint density at radius 2 is 1.78 bits per heavy atom. The molecule has 7 nitrogen and oxygen atoms in total. The average molecular weight is 490 g/mol. The number of carbonyl (C=O) groups excluding carboxylic acids is 2. The number of amides is 2. The van der Waals surface area contributed by atoms with E-state index in [9.17, 15) is 14.0 Å². The third kappa shape index (κ3) is 5.32. The van der Waals surface area contributed by atoms with E-state index in [1.807, 2.05) is 12.1 Å². The van der Waals surface area contributed by atoms with Crippen molar-refractivity contribution in [1.82, 2.24) is 15.2 Å². The zero-order valence-corrected chi connectivity index (χ0v) is 19.9. The van der Waals surface area contributed by atoms with E-state index >= 15 is 0 Å². The molecule has 1 atom stereocenters. The lowest BCUT2D eigenvalue weighted by Gasteiger charge is -2.33. The molecule has 5 rings (SSSR count). The Kier molecular flexibility index (Phi) is 7.11. The van der Waals surface area contributed by atoms with Gasteiger partial charge in [0.2, 0.25) is 12.7 Å². The second-order valence-corrected chi connectivity index (χ2v) is 9.13. The summed E-state index contributed by atoms with van der Waals surface area (Å²) in [6, 6.07) is 15.3. The number of rotatable bonds is 7. The van der Waals surface area contributed by atoms with Crippen LogP contribution in [0.5, 0.6) is 11.5 Å². The van der Waals surface area contributed by atoms with E-state index in [4.69, 9.17) is 9.47 Å². The number of benzene rings is 2. The van der Waals surface area contributed by atoms with Crippen molar-refractivity contribution in [3.05, 3.63) is 89.5 Å².